The quantitative estimate of drug-likeness (QED) is 0.909. The number of sulfonamides is 1. The van der Waals surface area contributed by atoms with Crippen molar-refractivity contribution in [3.05, 3.63) is 6.20 Å². The van der Waals surface area contributed by atoms with Gasteiger partial charge in [-0.05, 0) is 19.8 Å². The lowest BCUT2D eigenvalue weighted by Crippen LogP contribution is -2.35. The summed E-state index contributed by atoms with van der Waals surface area (Å²) in [5.74, 6) is 0. The maximum absolute atomic E-state index is 12.3. The molecule has 0 amide bonds. The fourth-order valence-corrected chi connectivity index (χ4v) is 4.62. The smallest absolute Gasteiger partial charge is 0.254 e. The van der Waals surface area contributed by atoms with Gasteiger partial charge < -0.3 is 5.32 Å². The van der Waals surface area contributed by atoms with Crippen LogP contribution < -0.4 is 5.32 Å². The van der Waals surface area contributed by atoms with E-state index in [2.05, 4.69) is 10.3 Å². The molecule has 1 aliphatic heterocycles. The van der Waals surface area contributed by atoms with Gasteiger partial charge in [0, 0.05) is 19.6 Å². The Hall–Kier alpha value is -0.660. The first-order valence-corrected chi connectivity index (χ1v) is 8.10. The molecule has 0 radical (unpaired) electrons. The van der Waals surface area contributed by atoms with Gasteiger partial charge in [0.1, 0.15) is 0 Å². The van der Waals surface area contributed by atoms with Gasteiger partial charge in [0.2, 0.25) is 0 Å². The van der Waals surface area contributed by atoms with E-state index in [-0.39, 0.29) is 0 Å². The molecule has 0 spiro atoms. The second-order valence-electron chi connectivity index (χ2n) is 3.98. The molecule has 2 rings (SSSR count). The molecule has 1 aromatic heterocycles. The topological polar surface area (TPSA) is 62.3 Å². The second-order valence-corrected chi connectivity index (χ2v) is 7.17. The fourth-order valence-electron chi connectivity index (χ4n) is 1.84. The van der Waals surface area contributed by atoms with Gasteiger partial charge in [0.25, 0.3) is 10.0 Å². The van der Waals surface area contributed by atoms with E-state index in [1.807, 2.05) is 6.92 Å². The summed E-state index contributed by atoms with van der Waals surface area (Å²) in [6.07, 6.45) is 4.49. The van der Waals surface area contributed by atoms with Crippen LogP contribution in [0, 0.1) is 0 Å². The Labute approximate surface area is 106 Å². The van der Waals surface area contributed by atoms with Crippen molar-refractivity contribution in [2.24, 2.45) is 0 Å². The molecule has 1 aromatic rings. The van der Waals surface area contributed by atoms with Crippen molar-refractivity contribution >= 4 is 26.5 Å². The van der Waals surface area contributed by atoms with Crippen molar-refractivity contribution in [2.45, 2.75) is 30.4 Å². The van der Waals surface area contributed by atoms with Crippen LogP contribution in [0.3, 0.4) is 0 Å². The van der Waals surface area contributed by atoms with Gasteiger partial charge in [-0.2, -0.15) is 4.31 Å². The highest BCUT2D eigenvalue weighted by Gasteiger charge is 2.27. The average Bonchev–Trinajstić information content (AvgIpc) is 2.80. The Balaban J connectivity index is 2.18. The highest BCUT2D eigenvalue weighted by Crippen LogP contribution is 2.27. The monoisotopic (exact) mass is 275 g/mol. The number of rotatable bonds is 4. The van der Waals surface area contributed by atoms with E-state index in [9.17, 15) is 8.42 Å². The maximum atomic E-state index is 12.3. The van der Waals surface area contributed by atoms with E-state index in [1.54, 1.807) is 4.31 Å². The van der Waals surface area contributed by atoms with Crippen LogP contribution in [0.25, 0.3) is 0 Å². The van der Waals surface area contributed by atoms with E-state index < -0.39 is 10.0 Å². The third-order valence-electron chi connectivity index (χ3n) is 2.72. The molecule has 1 fully saturated rings. The van der Waals surface area contributed by atoms with Gasteiger partial charge in [0.15, 0.2) is 9.34 Å². The van der Waals surface area contributed by atoms with E-state index in [0.29, 0.717) is 22.4 Å². The molecule has 17 heavy (non-hydrogen) atoms. The summed E-state index contributed by atoms with van der Waals surface area (Å²) in [6, 6.07) is 0. The van der Waals surface area contributed by atoms with Crippen LogP contribution in [-0.2, 0) is 10.0 Å². The van der Waals surface area contributed by atoms with Crippen LogP contribution in [-0.4, -0.2) is 37.3 Å². The largest absolute Gasteiger partial charge is 0.362 e. The molecule has 0 bridgehead atoms. The van der Waals surface area contributed by atoms with Crippen LogP contribution >= 0.6 is 11.3 Å². The predicted octanol–water partition coefficient (Wildman–Crippen LogP) is 1.75. The Morgan fingerprint density at radius 2 is 2.12 bits per heavy atom. The molecule has 2 heterocycles. The Kier molecular flexibility index (Phi) is 4.01. The second kappa shape index (κ2) is 5.32. The summed E-state index contributed by atoms with van der Waals surface area (Å²) >= 11 is 1.21. The van der Waals surface area contributed by atoms with Crippen LogP contribution in [0.5, 0.6) is 0 Å². The molecule has 0 saturated carbocycles. The molecule has 0 atom stereocenters. The average molecular weight is 275 g/mol. The molecule has 0 unspecified atom stereocenters. The van der Waals surface area contributed by atoms with Gasteiger partial charge in [-0.25, -0.2) is 13.4 Å². The molecule has 1 N–H and O–H groups in total. The Morgan fingerprint density at radius 1 is 1.41 bits per heavy atom. The first-order chi connectivity index (χ1) is 8.14. The number of piperidine rings is 1. The minimum atomic E-state index is -3.31. The first-order valence-electron chi connectivity index (χ1n) is 5.84. The molecular formula is C10H17N3O2S2. The molecule has 0 aromatic carbocycles. The fraction of sp³-hybridized carbons (Fsp3) is 0.700. The maximum Gasteiger partial charge on any atom is 0.254 e. The minimum Gasteiger partial charge on any atom is -0.362 e. The number of hydrogen-bond acceptors (Lipinski definition) is 5. The van der Waals surface area contributed by atoms with Gasteiger partial charge >= 0.3 is 0 Å². The van der Waals surface area contributed by atoms with Gasteiger partial charge in [-0.3, -0.25) is 0 Å². The molecule has 96 valence electrons. The SMILES string of the molecule is CCNc1ncc(S(=O)(=O)N2CCCCC2)s1. The zero-order valence-corrected chi connectivity index (χ0v) is 11.5. The summed E-state index contributed by atoms with van der Waals surface area (Å²) in [7, 11) is -3.31. The van der Waals surface area contributed by atoms with E-state index in [1.165, 1.54) is 17.5 Å². The number of nitrogens with zero attached hydrogens (tertiary/aromatic N) is 2. The lowest BCUT2D eigenvalue weighted by molar-refractivity contribution is 0.347. The number of aromatic nitrogens is 1. The molecule has 5 nitrogen and oxygen atoms in total. The molecule has 0 aliphatic carbocycles. The number of nitrogens with one attached hydrogen (secondary N) is 1. The van der Waals surface area contributed by atoms with Crippen LogP contribution in [0.15, 0.2) is 10.4 Å². The Bertz CT molecular complexity index is 464. The van der Waals surface area contributed by atoms with Crippen molar-refractivity contribution in [1.29, 1.82) is 0 Å². The minimum absolute atomic E-state index is 0.343. The lowest BCUT2D eigenvalue weighted by Gasteiger charge is -2.24. The Morgan fingerprint density at radius 3 is 2.76 bits per heavy atom. The van der Waals surface area contributed by atoms with Crippen molar-refractivity contribution in [2.75, 3.05) is 25.0 Å². The zero-order chi connectivity index (χ0) is 12.3. The highest BCUT2D eigenvalue weighted by atomic mass is 32.2. The van der Waals surface area contributed by atoms with Gasteiger partial charge in [0.05, 0.1) is 6.20 Å². The number of hydrogen-bond donors (Lipinski definition) is 1. The third kappa shape index (κ3) is 2.78. The summed E-state index contributed by atoms with van der Waals surface area (Å²) in [4.78, 5) is 4.07. The molecule has 1 aliphatic rings. The molecular weight excluding hydrogens is 258 g/mol. The molecule has 7 heteroatoms. The standard InChI is InChI=1S/C10H17N3O2S2/c1-2-11-10-12-8-9(16-10)17(14,15)13-6-4-3-5-7-13/h8H,2-7H2,1H3,(H,11,12). The summed E-state index contributed by atoms with van der Waals surface area (Å²) in [6.45, 7) is 3.98. The highest BCUT2D eigenvalue weighted by molar-refractivity contribution is 7.91. The lowest BCUT2D eigenvalue weighted by atomic mass is 10.2. The predicted molar refractivity (Wildman–Crippen MR) is 68.9 cm³/mol. The summed E-state index contributed by atoms with van der Waals surface area (Å²) < 4.78 is 26.5. The zero-order valence-electron chi connectivity index (χ0n) is 9.85. The normalized spacial score (nSPS) is 18.2. The van der Waals surface area contributed by atoms with Crippen molar-refractivity contribution in [3.63, 3.8) is 0 Å². The van der Waals surface area contributed by atoms with Crippen molar-refractivity contribution in [3.8, 4) is 0 Å². The van der Waals surface area contributed by atoms with E-state index in [0.717, 1.165) is 25.8 Å². The van der Waals surface area contributed by atoms with Crippen LogP contribution in [0.2, 0.25) is 0 Å². The van der Waals surface area contributed by atoms with E-state index >= 15 is 0 Å². The van der Waals surface area contributed by atoms with Gasteiger partial charge in [-0.1, -0.05) is 17.8 Å². The number of anilines is 1. The summed E-state index contributed by atoms with van der Waals surface area (Å²) in [5.41, 5.74) is 0. The first kappa shape index (κ1) is 12.8. The van der Waals surface area contributed by atoms with E-state index in [4.69, 9.17) is 0 Å². The van der Waals surface area contributed by atoms with Crippen molar-refractivity contribution in [1.82, 2.24) is 9.29 Å². The van der Waals surface area contributed by atoms with Crippen LogP contribution in [0.1, 0.15) is 26.2 Å². The summed E-state index contributed by atoms with van der Waals surface area (Å²) in [5, 5.41) is 3.70. The van der Waals surface area contributed by atoms with Gasteiger partial charge in [-0.15, -0.1) is 0 Å². The third-order valence-corrected chi connectivity index (χ3v) is 6.01. The number of thiazole rings is 1. The molecule has 1 saturated heterocycles. The van der Waals surface area contributed by atoms with Crippen LogP contribution in [0.4, 0.5) is 5.13 Å². The van der Waals surface area contributed by atoms with Crippen molar-refractivity contribution < 1.29 is 8.42 Å².